The fourth-order valence-electron chi connectivity index (χ4n) is 1.63. The summed E-state index contributed by atoms with van der Waals surface area (Å²) in [6.07, 6.45) is -7.11. The molecule has 0 aliphatic rings. The van der Waals surface area contributed by atoms with E-state index in [1.165, 1.54) is 0 Å². The van der Waals surface area contributed by atoms with Gasteiger partial charge in [0.25, 0.3) is 0 Å². The van der Waals surface area contributed by atoms with Crippen LogP contribution in [0.25, 0.3) is 0 Å². The van der Waals surface area contributed by atoms with Gasteiger partial charge in [-0.05, 0) is 37.1 Å². The van der Waals surface area contributed by atoms with Gasteiger partial charge in [-0.3, -0.25) is 0 Å². The second kappa shape index (κ2) is 13.4. The van der Waals surface area contributed by atoms with Crippen molar-refractivity contribution >= 4 is 19.7 Å². The number of nitrogens with two attached hydrogens (primary N) is 1. The van der Waals surface area contributed by atoms with Crippen LogP contribution in [0.15, 0.2) is 46.1 Å². The maximum Gasteiger partial charge on any atom is 0.175 e. The molecule has 0 atom stereocenters. The van der Waals surface area contributed by atoms with Gasteiger partial charge in [0.05, 0.1) is 19.4 Å². The molecule has 2 aromatic rings. The van der Waals surface area contributed by atoms with E-state index in [4.69, 9.17) is 35.9 Å². The third-order valence-corrected chi connectivity index (χ3v) is 4.64. The van der Waals surface area contributed by atoms with Crippen molar-refractivity contribution < 1.29 is 65.3 Å². The van der Waals surface area contributed by atoms with Crippen molar-refractivity contribution in [1.82, 2.24) is 5.31 Å². The van der Waals surface area contributed by atoms with E-state index in [0.29, 0.717) is 0 Å². The minimum atomic E-state index is -5.68. The van der Waals surface area contributed by atoms with Gasteiger partial charge in [0, 0.05) is 56.7 Å². The molecule has 0 unspecified atom stereocenters. The number of hydrogen-bond acceptors (Lipinski definition) is 8. The highest BCUT2D eigenvalue weighted by molar-refractivity contribution is 7.91. The topological polar surface area (TPSA) is 125 Å². The Labute approximate surface area is 224 Å². The van der Waals surface area contributed by atoms with Gasteiger partial charge in [0.15, 0.2) is 19.7 Å². The van der Waals surface area contributed by atoms with Crippen LogP contribution in [-0.2, 0) is 19.7 Å². The zero-order valence-electron chi connectivity index (χ0n) is 38.3. The summed E-state index contributed by atoms with van der Waals surface area (Å²) >= 11 is 0. The van der Waals surface area contributed by atoms with E-state index >= 15 is 0 Å². The fraction of sp³-hybridized carbons (Fsp3) is 0.429. The normalized spacial score (nSPS) is 24.8. The summed E-state index contributed by atoms with van der Waals surface area (Å²) in [6.45, 7) is -22.1. The highest BCUT2D eigenvalue weighted by atomic mass is 32.2. The molecule has 186 valence electrons. The summed E-state index contributed by atoms with van der Waals surface area (Å²) in [5.74, 6) is -5.30. The maximum atomic E-state index is 14.4. The molecule has 33 heavy (non-hydrogen) atoms. The van der Waals surface area contributed by atoms with Gasteiger partial charge >= 0.3 is 0 Å². The van der Waals surface area contributed by atoms with Crippen molar-refractivity contribution in [2.24, 2.45) is 5.73 Å². The van der Waals surface area contributed by atoms with Crippen molar-refractivity contribution in [3.63, 3.8) is 0 Å². The van der Waals surface area contributed by atoms with Gasteiger partial charge in [-0.1, -0.05) is 6.85 Å². The van der Waals surface area contributed by atoms with Gasteiger partial charge in [0.2, 0.25) is 0 Å². The Morgan fingerprint density at radius 1 is 1.00 bits per heavy atom. The largest absolute Gasteiger partial charge is 0.492 e. The highest BCUT2D eigenvalue weighted by Gasteiger charge is 2.12. The van der Waals surface area contributed by atoms with Crippen molar-refractivity contribution in [2.75, 3.05) is 45.0 Å². The molecule has 0 radical (unpaired) electrons. The molecular formula is C21H30F2N2O6S2. The lowest BCUT2D eigenvalue weighted by Crippen LogP contribution is -2.21. The Morgan fingerprint density at radius 3 is 2.36 bits per heavy atom. The first kappa shape index (κ1) is 9.76. The highest BCUT2D eigenvalue weighted by Crippen LogP contribution is 2.21. The number of ether oxygens (including phenoxy) is 2. The number of sulfone groups is 2. The molecule has 8 nitrogen and oxygen atoms in total. The van der Waals surface area contributed by atoms with E-state index < -0.39 is 128 Å². The van der Waals surface area contributed by atoms with Crippen molar-refractivity contribution in [3.8, 4) is 11.5 Å². The summed E-state index contributed by atoms with van der Waals surface area (Å²) in [5, 5.41) is -1.09. The predicted molar refractivity (Wildman–Crippen MR) is 122 cm³/mol. The van der Waals surface area contributed by atoms with Crippen LogP contribution in [0.3, 0.4) is 0 Å². The Balaban J connectivity index is 0.000000666. The zero-order chi connectivity index (χ0) is 44.3. The van der Waals surface area contributed by atoms with Crippen LogP contribution in [0.1, 0.15) is 42.0 Å². The quantitative estimate of drug-likeness (QED) is 0.453. The molecule has 0 aliphatic carbocycles. The summed E-state index contributed by atoms with van der Waals surface area (Å²) in [7, 11) is -9.39. The van der Waals surface area contributed by atoms with E-state index in [1.807, 2.05) is 0 Å². The van der Waals surface area contributed by atoms with E-state index in [0.717, 1.165) is 24.5 Å². The van der Waals surface area contributed by atoms with Gasteiger partial charge in [0.1, 0.15) is 37.7 Å². The zero-order valence-corrected chi connectivity index (χ0v) is 17.9. The molecule has 12 heteroatoms. The second-order valence-electron chi connectivity index (χ2n) is 5.26. The summed E-state index contributed by atoms with van der Waals surface area (Å²) < 4.78 is 247. The first-order valence-corrected chi connectivity index (χ1v) is 11.2. The van der Waals surface area contributed by atoms with Crippen LogP contribution in [0.5, 0.6) is 11.5 Å². The van der Waals surface area contributed by atoms with Crippen LogP contribution >= 0.6 is 0 Å². The molecule has 0 bridgehead atoms. The monoisotopic (exact) mass is 530 g/mol. The number of hydrogen-bond donors (Lipinski definition) is 2. The second-order valence-corrected chi connectivity index (χ2v) is 8.69. The molecule has 0 saturated heterocycles. The van der Waals surface area contributed by atoms with Crippen LogP contribution in [-0.4, -0.2) is 61.9 Å². The number of rotatable bonds is 11. The number of nitrogens with one attached hydrogen (secondary N) is 1. The van der Waals surface area contributed by atoms with Crippen molar-refractivity contribution in [2.45, 2.75) is 23.0 Å². The molecule has 0 amide bonds. The lowest BCUT2D eigenvalue weighted by Gasteiger charge is -2.08. The molecule has 0 spiro atoms. The van der Waals surface area contributed by atoms with E-state index in [9.17, 15) is 25.6 Å². The van der Waals surface area contributed by atoms with Crippen molar-refractivity contribution in [3.05, 3.63) is 48.0 Å². The first-order chi connectivity index (χ1) is 23.8. The Bertz CT molecular complexity index is 1990. The van der Waals surface area contributed by atoms with Crippen molar-refractivity contribution in [1.29, 1.82) is 0 Å². The Morgan fingerprint density at radius 2 is 1.73 bits per heavy atom. The molecule has 3 N–H and O–H groups in total. The standard InChI is InChI=1S/C12H18FNO3S.C9H12FNO3S/c1-3-4-14-5-6-17-11-7-10(13)8-12(9-11)18(2,15)16;1-15(12,13)9-5-7(10)4-8(6-9)14-3-2-11/h7-9,14H,3-6H2,1-2H3;4-6H,2-3,11H2,1H3/i1D3,2D3,3D2,4D2,5D2,6D2,7D,8D,9D;2D2,3D2/hD. The minimum Gasteiger partial charge on any atom is -0.492 e. The Hall–Kier alpha value is -2.28. The maximum absolute atomic E-state index is 14.4. The lowest BCUT2D eigenvalue weighted by atomic mass is 10.3. The fourth-order valence-corrected chi connectivity index (χ4v) is 2.74. The predicted octanol–water partition coefficient (Wildman–Crippen LogP) is 2.17. The van der Waals surface area contributed by atoms with E-state index in [2.05, 4.69) is 9.47 Å². The van der Waals surface area contributed by atoms with Gasteiger partial charge in [-0.2, -0.15) is 0 Å². The third kappa shape index (κ3) is 11.4. The average molecular weight is 531 g/mol. The molecule has 0 aliphatic heterocycles. The SMILES string of the molecule is [2H]C([2H])(N)C([2H])([2H])Oc1cc(F)cc(S(C)(=O)=O)c1.[2H]c1c(F)c([2H])c(S(=O)(=O)C([2H])([2H])[2H])c([2H])c1OC([2H])([2H])C([2H])([2H])N([2H])C([2H])([2H])C([2H])([2H])C([2H])([2H])[2H]. The molecular weight excluding hydrogens is 478 g/mol. The number of benzene rings is 2. The third-order valence-electron chi connectivity index (χ3n) is 2.81. The molecule has 0 fully saturated rings. The molecule has 0 heterocycles. The molecule has 0 saturated carbocycles. The summed E-state index contributed by atoms with van der Waals surface area (Å²) in [5.41, 5.74) is 4.94. The van der Waals surface area contributed by atoms with Crippen LogP contribution < -0.4 is 20.5 Å². The van der Waals surface area contributed by atoms with Crippen LogP contribution in [0.2, 0.25) is 1.41 Å². The van der Waals surface area contributed by atoms with Gasteiger partial charge in [-0.15, -0.1) is 0 Å². The molecule has 0 aromatic heterocycles. The Kier molecular flexibility index (Phi) is 3.97. The summed E-state index contributed by atoms with van der Waals surface area (Å²) in [6, 6.07) is -2.85. The molecule has 2 rings (SSSR count). The molecule has 2 aromatic carbocycles. The van der Waals surface area contributed by atoms with Gasteiger partial charge < -0.3 is 20.5 Å². The van der Waals surface area contributed by atoms with E-state index in [1.54, 1.807) is 0 Å². The first-order valence-electron chi connectivity index (χ1n) is 18.8. The average Bonchev–Trinajstić information content (AvgIpc) is 2.95. The number of halogens is 2. The summed E-state index contributed by atoms with van der Waals surface area (Å²) in [4.78, 5) is -2.27. The minimum absolute atomic E-state index is 0.407. The van der Waals surface area contributed by atoms with Crippen LogP contribution in [0.4, 0.5) is 8.78 Å². The lowest BCUT2D eigenvalue weighted by molar-refractivity contribution is 0.312. The smallest absolute Gasteiger partial charge is 0.175 e. The van der Waals surface area contributed by atoms with Gasteiger partial charge in [-0.25, -0.2) is 25.6 Å². The van der Waals surface area contributed by atoms with Crippen LogP contribution in [0, 0.1) is 11.6 Å². The van der Waals surface area contributed by atoms with E-state index in [-0.39, 0.29) is 0 Å².